The van der Waals surface area contributed by atoms with Crippen LogP contribution in [0, 0.1) is 11.7 Å². The average Bonchev–Trinajstić information content (AvgIpc) is 3.23. The average molecular weight is 343 g/mol. The van der Waals surface area contributed by atoms with Crippen molar-refractivity contribution in [2.45, 2.75) is 44.6 Å². The molecule has 2 N–H and O–H groups in total. The van der Waals surface area contributed by atoms with Gasteiger partial charge < -0.3 is 10.4 Å². The summed E-state index contributed by atoms with van der Waals surface area (Å²) in [6, 6.07) is 6.49. The van der Waals surface area contributed by atoms with Gasteiger partial charge >= 0.3 is 0 Å². The number of aliphatic hydroxyl groups is 1. The molecule has 2 aliphatic carbocycles. The van der Waals surface area contributed by atoms with Crippen LogP contribution in [0.4, 0.5) is 4.39 Å². The van der Waals surface area contributed by atoms with Gasteiger partial charge in [-0.3, -0.25) is 4.79 Å². The number of nitrogens with one attached hydrogen (secondary N) is 1. The van der Waals surface area contributed by atoms with Gasteiger partial charge in [-0.2, -0.15) is 5.10 Å². The fraction of sp³-hybridized carbons (Fsp3) is 0.474. The Morgan fingerprint density at radius 2 is 2.16 bits per heavy atom. The minimum Gasteiger partial charge on any atom is -0.396 e. The molecule has 1 amide bonds. The molecule has 0 spiro atoms. The number of aliphatic hydroxyl groups excluding tert-OH is 1. The third-order valence-electron chi connectivity index (χ3n) is 5.17. The highest BCUT2D eigenvalue weighted by molar-refractivity contribution is 5.94. The molecule has 1 aromatic carbocycles. The molecule has 4 rings (SSSR count). The minimum absolute atomic E-state index is 0.00633. The Hall–Kier alpha value is -2.21. The number of halogens is 1. The number of amides is 1. The van der Waals surface area contributed by atoms with Gasteiger partial charge in [0.25, 0.3) is 5.91 Å². The van der Waals surface area contributed by atoms with E-state index in [4.69, 9.17) is 0 Å². The van der Waals surface area contributed by atoms with E-state index in [1.165, 1.54) is 6.07 Å². The van der Waals surface area contributed by atoms with Gasteiger partial charge in [-0.05, 0) is 56.6 Å². The summed E-state index contributed by atoms with van der Waals surface area (Å²) in [6.45, 7) is 0.0588. The number of carbonyl (C=O) groups excluding carboxylic acids is 1. The highest BCUT2D eigenvalue weighted by atomic mass is 19.1. The van der Waals surface area contributed by atoms with Crippen molar-refractivity contribution in [3.05, 3.63) is 47.0 Å². The molecule has 2 aromatic rings. The van der Waals surface area contributed by atoms with Crippen molar-refractivity contribution >= 4 is 5.91 Å². The fourth-order valence-corrected chi connectivity index (χ4v) is 3.74. The number of rotatable bonds is 6. The summed E-state index contributed by atoms with van der Waals surface area (Å²) in [4.78, 5) is 12.8. The van der Waals surface area contributed by atoms with Crippen LogP contribution in [0.2, 0.25) is 0 Å². The number of hydrogen-bond donors (Lipinski definition) is 2. The third kappa shape index (κ3) is 3.06. The molecule has 1 heterocycles. The van der Waals surface area contributed by atoms with Crippen LogP contribution in [0.15, 0.2) is 24.3 Å². The van der Waals surface area contributed by atoms with E-state index >= 15 is 0 Å². The van der Waals surface area contributed by atoms with Gasteiger partial charge in [0.1, 0.15) is 11.5 Å². The quantitative estimate of drug-likeness (QED) is 0.846. The Morgan fingerprint density at radius 3 is 2.88 bits per heavy atom. The molecule has 6 heteroatoms. The molecule has 1 atom stereocenters. The number of carbonyl (C=O) groups is 1. The van der Waals surface area contributed by atoms with Gasteiger partial charge in [0.2, 0.25) is 0 Å². The number of benzene rings is 1. The maximum atomic E-state index is 14.2. The molecule has 1 unspecified atom stereocenters. The van der Waals surface area contributed by atoms with Crippen molar-refractivity contribution in [1.29, 1.82) is 0 Å². The lowest BCUT2D eigenvalue weighted by atomic mass is 10.1. The molecule has 0 bridgehead atoms. The number of fused-ring (bicyclic) bond motifs is 1. The van der Waals surface area contributed by atoms with E-state index in [0.717, 1.165) is 43.4 Å². The number of hydrogen-bond acceptors (Lipinski definition) is 3. The van der Waals surface area contributed by atoms with Crippen LogP contribution < -0.4 is 5.32 Å². The Balaban J connectivity index is 1.65. The molecular formula is C19H22FN3O2. The van der Waals surface area contributed by atoms with Crippen LogP contribution in [0.25, 0.3) is 5.69 Å². The van der Waals surface area contributed by atoms with Crippen LogP contribution >= 0.6 is 0 Å². The summed E-state index contributed by atoms with van der Waals surface area (Å²) in [7, 11) is 0. The first-order valence-corrected chi connectivity index (χ1v) is 8.96. The highest BCUT2D eigenvalue weighted by Gasteiger charge is 2.34. The van der Waals surface area contributed by atoms with Crippen molar-refractivity contribution < 1.29 is 14.3 Å². The molecule has 0 aliphatic heterocycles. The molecule has 1 aromatic heterocycles. The highest BCUT2D eigenvalue weighted by Crippen LogP contribution is 2.34. The van der Waals surface area contributed by atoms with Crippen molar-refractivity contribution in [3.8, 4) is 5.69 Å². The minimum atomic E-state index is -0.345. The zero-order valence-corrected chi connectivity index (χ0v) is 14.0. The van der Waals surface area contributed by atoms with Crippen LogP contribution in [-0.2, 0) is 12.8 Å². The van der Waals surface area contributed by atoms with Crippen molar-refractivity contribution in [2.24, 2.45) is 5.92 Å². The largest absolute Gasteiger partial charge is 0.396 e. The first kappa shape index (κ1) is 16.3. The summed E-state index contributed by atoms with van der Waals surface area (Å²) in [5, 5.41) is 16.7. The monoisotopic (exact) mass is 343 g/mol. The summed E-state index contributed by atoms with van der Waals surface area (Å²) in [5.41, 5.74) is 2.65. The standard InChI is InChI=1S/C19H22FN3O2/c20-14-5-1-2-6-17(14)23-16-7-3-4-13(16)18(22-23)19(25)21-15(10-11-24)12-8-9-12/h1-2,5-6,12,15,24H,3-4,7-11H2,(H,21,25). The number of aromatic nitrogens is 2. The van der Waals surface area contributed by atoms with Crippen LogP contribution in [-0.4, -0.2) is 33.4 Å². The molecule has 1 fully saturated rings. The van der Waals surface area contributed by atoms with E-state index in [2.05, 4.69) is 10.4 Å². The Kier molecular flexibility index (Phi) is 4.29. The lowest BCUT2D eigenvalue weighted by molar-refractivity contribution is 0.0918. The van der Waals surface area contributed by atoms with Gasteiger partial charge in [0, 0.05) is 23.9 Å². The van der Waals surface area contributed by atoms with E-state index in [1.54, 1.807) is 22.9 Å². The molecule has 0 radical (unpaired) electrons. The van der Waals surface area contributed by atoms with Gasteiger partial charge in [-0.15, -0.1) is 0 Å². The Morgan fingerprint density at radius 1 is 1.36 bits per heavy atom. The number of nitrogens with zero attached hydrogens (tertiary/aromatic N) is 2. The Bertz CT molecular complexity index is 798. The van der Waals surface area contributed by atoms with E-state index in [0.29, 0.717) is 23.7 Å². The van der Waals surface area contributed by atoms with Crippen LogP contribution in [0.1, 0.15) is 47.4 Å². The second-order valence-corrected chi connectivity index (χ2v) is 6.92. The molecular weight excluding hydrogens is 321 g/mol. The predicted octanol–water partition coefficient (Wildman–Crippen LogP) is 2.39. The molecule has 132 valence electrons. The van der Waals surface area contributed by atoms with Crippen LogP contribution in [0.5, 0.6) is 0 Å². The fourth-order valence-electron chi connectivity index (χ4n) is 3.74. The lowest BCUT2D eigenvalue weighted by Gasteiger charge is -2.16. The first-order chi connectivity index (χ1) is 12.2. The normalized spacial score (nSPS) is 17.4. The zero-order valence-electron chi connectivity index (χ0n) is 14.0. The van der Waals surface area contributed by atoms with Crippen molar-refractivity contribution in [2.75, 3.05) is 6.61 Å². The van der Waals surface area contributed by atoms with Crippen LogP contribution in [0.3, 0.4) is 0 Å². The molecule has 25 heavy (non-hydrogen) atoms. The van der Waals surface area contributed by atoms with E-state index in [-0.39, 0.29) is 24.4 Å². The summed E-state index contributed by atoms with van der Waals surface area (Å²) in [6.07, 6.45) is 5.28. The van der Waals surface area contributed by atoms with Gasteiger partial charge in [-0.1, -0.05) is 12.1 Å². The molecule has 1 saturated carbocycles. The van der Waals surface area contributed by atoms with E-state index in [9.17, 15) is 14.3 Å². The smallest absolute Gasteiger partial charge is 0.272 e. The first-order valence-electron chi connectivity index (χ1n) is 8.96. The summed E-state index contributed by atoms with van der Waals surface area (Å²) >= 11 is 0. The maximum absolute atomic E-state index is 14.2. The van der Waals surface area contributed by atoms with Gasteiger partial charge in [0.05, 0.1) is 0 Å². The molecule has 0 saturated heterocycles. The maximum Gasteiger partial charge on any atom is 0.272 e. The third-order valence-corrected chi connectivity index (χ3v) is 5.17. The second kappa shape index (κ2) is 6.59. The van der Waals surface area contributed by atoms with Crippen molar-refractivity contribution in [3.63, 3.8) is 0 Å². The summed E-state index contributed by atoms with van der Waals surface area (Å²) < 4.78 is 15.8. The van der Waals surface area contributed by atoms with Gasteiger partial charge in [-0.25, -0.2) is 9.07 Å². The lowest BCUT2D eigenvalue weighted by Crippen LogP contribution is -2.37. The van der Waals surface area contributed by atoms with E-state index in [1.807, 2.05) is 0 Å². The molecule has 2 aliphatic rings. The van der Waals surface area contributed by atoms with Crippen molar-refractivity contribution in [1.82, 2.24) is 15.1 Å². The zero-order chi connectivity index (χ0) is 17.4. The summed E-state index contributed by atoms with van der Waals surface area (Å²) in [5.74, 6) is -0.0980. The Labute approximate surface area is 145 Å². The molecule has 5 nitrogen and oxygen atoms in total. The second-order valence-electron chi connectivity index (χ2n) is 6.92. The van der Waals surface area contributed by atoms with Gasteiger partial charge in [0.15, 0.2) is 5.69 Å². The van der Waals surface area contributed by atoms with E-state index < -0.39 is 0 Å². The predicted molar refractivity (Wildman–Crippen MR) is 91.2 cm³/mol. The SMILES string of the molecule is O=C(NC(CCO)C1CC1)c1nn(-c2ccccc2F)c2c1CCC2. The topological polar surface area (TPSA) is 67.2 Å². The number of para-hydroxylation sites is 1.